The van der Waals surface area contributed by atoms with E-state index in [1.54, 1.807) is 0 Å². The largest absolute Gasteiger partial charge is 0.441 e. The molecule has 0 bridgehead atoms. The molecule has 17 heavy (non-hydrogen) atoms. The summed E-state index contributed by atoms with van der Waals surface area (Å²) in [4.78, 5) is 4.58. The fourth-order valence-corrected chi connectivity index (χ4v) is 2.58. The minimum atomic E-state index is 0.750. The van der Waals surface area contributed by atoms with Crippen molar-refractivity contribution in [2.75, 3.05) is 0 Å². The standard InChI is InChI=1S/C14H16INO/c1-4-13-12(8-15)16-14(17-13)11-6-9(2)5-10(3)7-11/h5-7H,4,8H2,1-3H3. The topological polar surface area (TPSA) is 26.0 Å². The van der Waals surface area contributed by atoms with E-state index in [2.05, 4.69) is 66.5 Å². The Kier molecular flexibility index (Phi) is 3.86. The number of hydrogen-bond acceptors (Lipinski definition) is 2. The lowest BCUT2D eigenvalue weighted by Gasteiger charge is -2.00. The number of rotatable bonds is 3. The second-order valence-electron chi connectivity index (χ2n) is 4.25. The van der Waals surface area contributed by atoms with Crippen LogP contribution in [0.3, 0.4) is 0 Å². The first-order valence-corrected chi connectivity index (χ1v) is 7.29. The third kappa shape index (κ3) is 2.70. The predicted octanol–water partition coefficient (Wildman–Crippen LogP) is 4.46. The molecule has 0 radical (unpaired) electrons. The van der Waals surface area contributed by atoms with Gasteiger partial charge in [-0.2, -0.15) is 0 Å². The van der Waals surface area contributed by atoms with Gasteiger partial charge in [0.15, 0.2) is 0 Å². The molecule has 0 aliphatic carbocycles. The van der Waals surface area contributed by atoms with E-state index in [0.717, 1.165) is 33.8 Å². The quantitative estimate of drug-likeness (QED) is 0.609. The molecule has 2 nitrogen and oxygen atoms in total. The van der Waals surface area contributed by atoms with Crippen molar-refractivity contribution in [2.24, 2.45) is 0 Å². The maximum atomic E-state index is 5.83. The van der Waals surface area contributed by atoms with Gasteiger partial charge in [0.1, 0.15) is 5.76 Å². The number of aromatic nitrogens is 1. The van der Waals surface area contributed by atoms with E-state index in [0.29, 0.717) is 0 Å². The first-order chi connectivity index (χ1) is 8.13. The average molecular weight is 341 g/mol. The van der Waals surface area contributed by atoms with Crippen LogP contribution in [-0.4, -0.2) is 4.98 Å². The van der Waals surface area contributed by atoms with E-state index in [1.807, 2.05) is 0 Å². The Morgan fingerprint density at radius 2 is 1.82 bits per heavy atom. The van der Waals surface area contributed by atoms with Crippen molar-refractivity contribution >= 4 is 22.6 Å². The van der Waals surface area contributed by atoms with Crippen molar-refractivity contribution in [3.05, 3.63) is 40.8 Å². The number of nitrogens with zero attached hydrogens (tertiary/aromatic N) is 1. The zero-order valence-electron chi connectivity index (χ0n) is 10.4. The summed E-state index contributed by atoms with van der Waals surface area (Å²) in [5.74, 6) is 1.76. The van der Waals surface area contributed by atoms with Crippen LogP contribution in [0.4, 0.5) is 0 Å². The maximum Gasteiger partial charge on any atom is 0.226 e. The molecule has 0 unspecified atom stereocenters. The summed E-state index contributed by atoms with van der Waals surface area (Å²) < 4.78 is 6.73. The summed E-state index contributed by atoms with van der Waals surface area (Å²) in [5.41, 5.74) is 4.63. The van der Waals surface area contributed by atoms with E-state index in [9.17, 15) is 0 Å². The molecule has 2 rings (SSSR count). The van der Waals surface area contributed by atoms with Gasteiger partial charge in [0.2, 0.25) is 5.89 Å². The molecule has 0 atom stereocenters. The fraction of sp³-hybridized carbons (Fsp3) is 0.357. The number of alkyl halides is 1. The molecule has 0 aliphatic rings. The number of halogens is 1. The summed E-state index contributed by atoms with van der Waals surface area (Å²) in [7, 11) is 0. The monoisotopic (exact) mass is 341 g/mol. The summed E-state index contributed by atoms with van der Waals surface area (Å²) in [5, 5.41) is 0. The second-order valence-corrected chi connectivity index (χ2v) is 5.02. The lowest BCUT2D eigenvalue weighted by Crippen LogP contribution is -1.84. The molecule has 1 heterocycles. The highest BCUT2D eigenvalue weighted by Crippen LogP contribution is 2.25. The van der Waals surface area contributed by atoms with Crippen LogP contribution in [0.2, 0.25) is 0 Å². The lowest BCUT2D eigenvalue weighted by molar-refractivity contribution is 0.522. The van der Waals surface area contributed by atoms with E-state index in [-0.39, 0.29) is 0 Å². The summed E-state index contributed by atoms with van der Waals surface area (Å²) >= 11 is 2.33. The molecule has 3 heteroatoms. The Morgan fingerprint density at radius 3 is 2.29 bits per heavy atom. The molecule has 0 spiro atoms. The highest BCUT2D eigenvalue weighted by atomic mass is 127. The molecule has 2 aromatic rings. The van der Waals surface area contributed by atoms with Gasteiger partial charge in [-0.3, -0.25) is 0 Å². The molecule has 0 aliphatic heterocycles. The SMILES string of the molecule is CCc1oc(-c2cc(C)cc(C)c2)nc1CI. The molecule has 0 N–H and O–H groups in total. The number of aryl methyl sites for hydroxylation is 3. The molecule has 0 amide bonds. The lowest BCUT2D eigenvalue weighted by atomic mass is 10.1. The van der Waals surface area contributed by atoms with Crippen LogP contribution in [-0.2, 0) is 10.8 Å². The van der Waals surface area contributed by atoms with E-state index < -0.39 is 0 Å². The third-order valence-corrected chi connectivity index (χ3v) is 3.42. The van der Waals surface area contributed by atoms with E-state index >= 15 is 0 Å². The van der Waals surface area contributed by atoms with Crippen LogP contribution in [0.5, 0.6) is 0 Å². The van der Waals surface area contributed by atoms with Crippen LogP contribution in [0, 0.1) is 13.8 Å². The van der Waals surface area contributed by atoms with Gasteiger partial charge in [-0.1, -0.05) is 46.7 Å². The highest BCUT2D eigenvalue weighted by Gasteiger charge is 2.12. The first kappa shape index (κ1) is 12.6. The minimum Gasteiger partial charge on any atom is -0.441 e. The van der Waals surface area contributed by atoms with Crippen molar-refractivity contribution in [1.82, 2.24) is 4.98 Å². The predicted molar refractivity (Wildman–Crippen MR) is 78.5 cm³/mol. The Labute approximate surface area is 116 Å². The van der Waals surface area contributed by atoms with Gasteiger partial charge in [-0.25, -0.2) is 4.98 Å². The van der Waals surface area contributed by atoms with Crippen molar-refractivity contribution < 1.29 is 4.42 Å². The molecular formula is C14H16INO. The third-order valence-electron chi connectivity index (χ3n) is 2.69. The normalized spacial score (nSPS) is 10.8. The highest BCUT2D eigenvalue weighted by molar-refractivity contribution is 14.1. The van der Waals surface area contributed by atoms with Crippen LogP contribution in [0.15, 0.2) is 22.6 Å². The zero-order valence-corrected chi connectivity index (χ0v) is 12.5. The Morgan fingerprint density at radius 1 is 1.18 bits per heavy atom. The summed E-state index contributed by atoms with van der Waals surface area (Å²) in [6.45, 7) is 6.29. The molecule has 0 saturated heterocycles. The molecule has 0 saturated carbocycles. The fourth-order valence-electron chi connectivity index (χ4n) is 1.99. The van der Waals surface area contributed by atoms with Gasteiger partial charge < -0.3 is 4.42 Å². The van der Waals surface area contributed by atoms with Crippen LogP contribution >= 0.6 is 22.6 Å². The van der Waals surface area contributed by atoms with Crippen molar-refractivity contribution in [3.8, 4) is 11.5 Å². The Bertz CT molecular complexity index is 489. The zero-order chi connectivity index (χ0) is 12.4. The molecular weight excluding hydrogens is 325 g/mol. The average Bonchev–Trinajstić information content (AvgIpc) is 2.70. The Balaban J connectivity index is 2.48. The van der Waals surface area contributed by atoms with Crippen LogP contribution < -0.4 is 0 Å². The maximum absolute atomic E-state index is 5.83. The van der Waals surface area contributed by atoms with Gasteiger partial charge >= 0.3 is 0 Å². The number of benzene rings is 1. The van der Waals surface area contributed by atoms with Crippen molar-refractivity contribution in [3.63, 3.8) is 0 Å². The minimum absolute atomic E-state index is 0.750. The van der Waals surface area contributed by atoms with Crippen molar-refractivity contribution in [1.29, 1.82) is 0 Å². The second kappa shape index (κ2) is 5.21. The molecule has 1 aromatic heterocycles. The Hall–Kier alpha value is -0.840. The van der Waals surface area contributed by atoms with E-state index in [1.165, 1.54) is 11.1 Å². The summed E-state index contributed by atoms with van der Waals surface area (Å²) in [6, 6.07) is 6.40. The van der Waals surface area contributed by atoms with Gasteiger partial charge in [0.25, 0.3) is 0 Å². The number of oxazole rings is 1. The van der Waals surface area contributed by atoms with Crippen LogP contribution in [0.1, 0.15) is 29.5 Å². The van der Waals surface area contributed by atoms with Gasteiger partial charge in [-0.15, -0.1) is 0 Å². The van der Waals surface area contributed by atoms with Gasteiger partial charge in [-0.05, 0) is 26.0 Å². The molecule has 90 valence electrons. The first-order valence-electron chi connectivity index (χ1n) is 5.77. The smallest absolute Gasteiger partial charge is 0.226 e. The summed E-state index contributed by atoms with van der Waals surface area (Å²) in [6.07, 6.45) is 0.899. The van der Waals surface area contributed by atoms with E-state index in [4.69, 9.17) is 4.42 Å². The van der Waals surface area contributed by atoms with Gasteiger partial charge in [0.05, 0.1) is 5.69 Å². The van der Waals surface area contributed by atoms with Crippen molar-refractivity contribution in [2.45, 2.75) is 31.6 Å². The molecule has 0 fully saturated rings. The molecule has 1 aromatic carbocycles. The van der Waals surface area contributed by atoms with Crippen LogP contribution in [0.25, 0.3) is 11.5 Å². The number of hydrogen-bond donors (Lipinski definition) is 0. The van der Waals surface area contributed by atoms with Gasteiger partial charge in [0, 0.05) is 16.4 Å².